The number of hydrogen-bond acceptors (Lipinski definition) is 3. The van der Waals surface area contributed by atoms with Crippen LogP contribution in [0.5, 0.6) is 0 Å². The van der Waals surface area contributed by atoms with Gasteiger partial charge in [0.2, 0.25) is 0 Å². The van der Waals surface area contributed by atoms with Crippen molar-refractivity contribution in [2.45, 2.75) is 37.8 Å². The smallest absolute Gasteiger partial charge is 0.252 e. The summed E-state index contributed by atoms with van der Waals surface area (Å²) in [5, 5.41) is 15.9. The lowest BCUT2D eigenvalue weighted by atomic mass is 9.66. The van der Waals surface area contributed by atoms with Gasteiger partial charge in [0.25, 0.3) is 5.91 Å². The standard InChI is InChI=1S/C23H20FN3O/c24-16-5-3-13(8-15(16)9-25)22-19-12-2-1-11(7-12)18(19)21-17(27-22)6-4-14-10-26-23(28)20(14)21/h3-6,8,11-12,18-19,22,27H,1-2,7,10H2,(H,26,28)/t11-,12+,18+,19-,22+/m1/s1. The minimum Gasteiger partial charge on any atom is -0.378 e. The van der Waals surface area contributed by atoms with Crippen molar-refractivity contribution in [3.05, 3.63) is 64.0 Å². The molecule has 6 rings (SSSR count). The van der Waals surface area contributed by atoms with E-state index in [0.29, 0.717) is 30.2 Å². The Labute approximate surface area is 162 Å². The second kappa shape index (κ2) is 5.57. The Balaban J connectivity index is 1.53. The minimum atomic E-state index is -0.471. The summed E-state index contributed by atoms with van der Waals surface area (Å²) in [6, 6.07) is 11.1. The van der Waals surface area contributed by atoms with E-state index in [0.717, 1.165) is 22.4 Å². The van der Waals surface area contributed by atoms with E-state index in [1.54, 1.807) is 6.07 Å². The van der Waals surface area contributed by atoms with Crippen LogP contribution in [0.2, 0.25) is 0 Å². The first-order valence-corrected chi connectivity index (χ1v) is 10.1. The van der Waals surface area contributed by atoms with Crippen LogP contribution >= 0.6 is 0 Å². The topological polar surface area (TPSA) is 64.9 Å². The first-order valence-electron chi connectivity index (χ1n) is 10.1. The number of halogens is 1. The van der Waals surface area contributed by atoms with Crippen molar-refractivity contribution in [2.24, 2.45) is 17.8 Å². The van der Waals surface area contributed by atoms with E-state index in [1.807, 2.05) is 18.2 Å². The lowest BCUT2D eigenvalue weighted by molar-refractivity contribution is 0.0963. The third kappa shape index (κ3) is 2.01. The average Bonchev–Trinajstić information content (AvgIpc) is 3.43. The van der Waals surface area contributed by atoms with Gasteiger partial charge in [-0.3, -0.25) is 4.79 Å². The van der Waals surface area contributed by atoms with Crippen molar-refractivity contribution in [1.29, 1.82) is 5.26 Å². The molecule has 0 unspecified atom stereocenters. The number of hydrogen-bond donors (Lipinski definition) is 2. The first kappa shape index (κ1) is 16.1. The fraction of sp³-hybridized carbons (Fsp3) is 0.391. The summed E-state index contributed by atoms with van der Waals surface area (Å²) in [6.07, 6.45) is 3.63. The van der Waals surface area contributed by atoms with Gasteiger partial charge in [0.05, 0.1) is 11.6 Å². The lowest BCUT2D eigenvalue weighted by Crippen LogP contribution is -2.36. The summed E-state index contributed by atoms with van der Waals surface area (Å²) in [7, 11) is 0. The molecular weight excluding hydrogens is 353 g/mol. The van der Waals surface area contributed by atoms with Crippen LogP contribution < -0.4 is 10.6 Å². The van der Waals surface area contributed by atoms with E-state index in [-0.39, 0.29) is 17.5 Å². The third-order valence-electron chi connectivity index (χ3n) is 7.48. The highest BCUT2D eigenvalue weighted by molar-refractivity contribution is 6.01. The van der Waals surface area contributed by atoms with E-state index in [1.165, 1.54) is 30.9 Å². The molecule has 28 heavy (non-hydrogen) atoms. The van der Waals surface area contributed by atoms with Gasteiger partial charge in [0.1, 0.15) is 11.9 Å². The first-order chi connectivity index (χ1) is 13.7. The highest BCUT2D eigenvalue weighted by Gasteiger charge is 2.55. The van der Waals surface area contributed by atoms with Crippen molar-refractivity contribution in [2.75, 3.05) is 5.32 Å². The number of nitrogens with zero attached hydrogens (tertiary/aromatic N) is 1. The molecule has 2 fully saturated rings. The molecule has 2 heterocycles. The summed E-state index contributed by atoms with van der Waals surface area (Å²) in [6.45, 7) is 0.611. The maximum absolute atomic E-state index is 13.9. The van der Waals surface area contributed by atoms with Crippen molar-refractivity contribution in [3.8, 4) is 6.07 Å². The fourth-order valence-corrected chi connectivity index (χ4v) is 6.45. The number of carbonyl (C=O) groups excluding carboxylic acids is 1. The minimum absolute atomic E-state index is 0.0437. The highest BCUT2D eigenvalue weighted by Crippen LogP contribution is 2.64. The zero-order chi connectivity index (χ0) is 19.0. The monoisotopic (exact) mass is 373 g/mol. The molecule has 0 aromatic heterocycles. The van der Waals surface area contributed by atoms with Crippen LogP contribution in [0.3, 0.4) is 0 Å². The van der Waals surface area contributed by atoms with Gasteiger partial charge in [0.15, 0.2) is 0 Å². The predicted molar refractivity (Wildman–Crippen MR) is 102 cm³/mol. The van der Waals surface area contributed by atoms with Gasteiger partial charge in [-0.15, -0.1) is 0 Å². The number of benzene rings is 2. The molecule has 2 N–H and O–H groups in total. The van der Waals surface area contributed by atoms with Gasteiger partial charge in [-0.2, -0.15) is 5.26 Å². The van der Waals surface area contributed by atoms with Gasteiger partial charge < -0.3 is 10.6 Å². The molecule has 4 nitrogen and oxygen atoms in total. The quantitative estimate of drug-likeness (QED) is 0.786. The van der Waals surface area contributed by atoms with Crippen LogP contribution in [-0.2, 0) is 6.54 Å². The van der Waals surface area contributed by atoms with Crippen molar-refractivity contribution in [3.63, 3.8) is 0 Å². The molecule has 0 spiro atoms. The number of carbonyl (C=O) groups is 1. The predicted octanol–water partition coefficient (Wildman–Crippen LogP) is 4.24. The van der Waals surface area contributed by atoms with Crippen LogP contribution in [0, 0.1) is 34.9 Å². The van der Waals surface area contributed by atoms with Gasteiger partial charge >= 0.3 is 0 Å². The van der Waals surface area contributed by atoms with Gasteiger partial charge in [0, 0.05) is 17.8 Å². The molecule has 2 aliphatic carbocycles. The Bertz CT molecular complexity index is 1070. The number of nitrogens with one attached hydrogen (secondary N) is 2. The SMILES string of the molecule is N#Cc1cc([C@@H]2Nc3ccc4c(c3[C@H]3[C@@H]5CC[C@@H](C5)[C@H]32)C(=O)NC4)ccc1F. The number of amides is 1. The molecule has 5 atom stereocenters. The maximum atomic E-state index is 13.9. The molecule has 2 saturated carbocycles. The summed E-state index contributed by atoms with van der Waals surface area (Å²) in [4.78, 5) is 12.6. The second-order valence-electron chi connectivity index (χ2n) is 8.65. The van der Waals surface area contributed by atoms with E-state index >= 15 is 0 Å². The summed E-state index contributed by atoms with van der Waals surface area (Å²) in [5.41, 5.74) is 5.26. The lowest BCUT2D eigenvalue weighted by Gasteiger charge is -2.44. The highest BCUT2D eigenvalue weighted by atomic mass is 19.1. The number of rotatable bonds is 1. The van der Waals surface area contributed by atoms with Crippen LogP contribution in [0.4, 0.5) is 10.1 Å². The van der Waals surface area contributed by atoms with E-state index in [4.69, 9.17) is 0 Å². The van der Waals surface area contributed by atoms with Crippen molar-refractivity contribution < 1.29 is 9.18 Å². The van der Waals surface area contributed by atoms with Crippen LogP contribution in [0.25, 0.3) is 0 Å². The van der Waals surface area contributed by atoms with Crippen LogP contribution in [0.1, 0.15) is 63.8 Å². The molecular formula is C23H20FN3O. The molecule has 2 aliphatic heterocycles. The van der Waals surface area contributed by atoms with Gasteiger partial charge in [-0.25, -0.2) is 4.39 Å². The van der Waals surface area contributed by atoms with Crippen molar-refractivity contribution in [1.82, 2.24) is 5.32 Å². The summed E-state index contributed by atoms with van der Waals surface area (Å²) >= 11 is 0. The molecule has 2 bridgehead atoms. The Morgan fingerprint density at radius 1 is 1.14 bits per heavy atom. The molecule has 4 aliphatic rings. The third-order valence-corrected chi connectivity index (χ3v) is 7.48. The Kier molecular flexibility index (Phi) is 3.21. The molecule has 0 saturated heterocycles. The Morgan fingerprint density at radius 3 is 2.86 bits per heavy atom. The number of anilines is 1. The molecule has 140 valence electrons. The largest absolute Gasteiger partial charge is 0.378 e. The molecule has 2 aromatic carbocycles. The normalized spacial score (nSPS) is 31.4. The maximum Gasteiger partial charge on any atom is 0.252 e. The zero-order valence-corrected chi connectivity index (χ0v) is 15.3. The summed E-state index contributed by atoms with van der Waals surface area (Å²) < 4.78 is 13.9. The molecule has 2 aromatic rings. The van der Waals surface area contributed by atoms with Crippen molar-refractivity contribution >= 4 is 11.6 Å². The van der Waals surface area contributed by atoms with E-state index in [2.05, 4.69) is 16.7 Å². The van der Waals surface area contributed by atoms with Crippen LogP contribution in [-0.4, -0.2) is 5.91 Å². The fourth-order valence-electron chi connectivity index (χ4n) is 6.45. The van der Waals surface area contributed by atoms with Gasteiger partial charge in [-0.05, 0) is 77.8 Å². The zero-order valence-electron chi connectivity index (χ0n) is 15.3. The second-order valence-corrected chi connectivity index (χ2v) is 8.65. The van der Waals surface area contributed by atoms with E-state index < -0.39 is 5.82 Å². The van der Waals surface area contributed by atoms with Crippen LogP contribution in [0.15, 0.2) is 30.3 Å². The molecule has 0 radical (unpaired) electrons. The molecule has 1 amide bonds. The molecule has 5 heteroatoms. The number of fused-ring (bicyclic) bond motifs is 9. The van der Waals surface area contributed by atoms with Gasteiger partial charge in [-0.1, -0.05) is 12.1 Å². The summed E-state index contributed by atoms with van der Waals surface area (Å²) in [5.74, 6) is 1.52. The Hall–Kier alpha value is -2.87. The average molecular weight is 373 g/mol. The van der Waals surface area contributed by atoms with E-state index in [9.17, 15) is 14.4 Å². The Morgan fingerprint density at radius 2 is 2.00 bits per heavy atom. The number of nitriles is 1.